The van der Waals surface area contributed by atoms with Crippen LogP contribution in [0.1, 0.15) is 19.7 Å². The highest BCUT2D eigenvalue weighted by atomic mass is 15.3. The second kappa shape index (κ2) is 2.83. The second-order valence-electron chi connectivity index (χ2n) is 3.61. The van der Waals surface area contributed by atoms with E-state index in [2.05, 4.69) is 20.3 Å². The predicted molar refractivity (Wildman–Crippen MR) is 51.4 cm³/mol. The number of rotatable bonds is 2. The van der Waals surface area contributed by atoms with Crippen molar-refractivity contribution < 1.29 is 0 Å². The fourth-order valence-corrected chi connectivity index (χ4v) is 1.25. The summed E-state index contributed by atoms with van der Waals surface area (Å²) in [5, 5.41) is 10.8. The van der Waals surface area contributed by atoms with Gasteiger partial charge in [0.15, 0.2) is 5.82 Å². The Labute approximate surface area is 81.1 Å². The van der Waals surface area contributed by atoms with Gasteiger partial charge in [-0.25, -0.2) is 4.98 Å². The lowest BCUT2D eigenvalue weighted by molar-refractivity contribution is 0.369. The fourth-order valence-electron chi connectivity index (χ4n) is 1.25. The Morgan fingerprint density at radius 2 is 2.29 bits per heavy atom. The van der Waals surface area contributed by atoms with Gasteiger partial charge in [0.05, 0.1) is 11.9 Å². The number of nitrogens with one attached hydrogen (secondary N) is 1. The molecule has 6 heteroatoms. The number of nitrogen functional groups attached to an aromatic ring is 1. The van der Waals surface area contributed by atoms with E-state index in [-0.39, 0.29) is 5.54 Å². The molecule has 0 bridgehead atoms. The molecule has 0 saturated heterocycles. The highest BCUT2D eigenvalue weighted by molar-refractivity contribution is 5.31. The third-order valence-electron chi connectivity index (χ3n) is 2.17. The molecule has 0 spiro atoms. The summed E-state index contributed by atoms with van der Waals surface area (Å²) in [6, 6.07) is 0. The van der Waals surface area contributed by atoms with E-state index in [1.807, 2.05) is 13.8 Å². The molecule has 0 aliphatic carbocycles. The van der Waals surface area contributed by atoms with E-state index in [0.29, 0.717) is 5.69 Å². The summed E-state index contributed by atoms with van der Waals surface area (Å²) in [4.78, 5) is 4.11. The summed E-state index contributed by atoms with van der Waals surface area (Å²) in [6.07, 6.45) is 4.85. The van der Waals surface area contributed by atoms with Crippen molar-refractivity contribution in [2.75, 3.05) is 5.73 Å². The molecule has 0 radical (unpaired) electrons. The molecule has 6 nitrogen and oxygen atoms in total. The molecule has 2 aromatic heterocycles. The van der Waals surface area contributed by atoms with Crippen LogP contribution in [0.25, 0.3) is 0 Å². The molecule has 74 valence electrons. The Hall–Kier alpha value is -1.85. The summed E-state index contributed by atoms with van der Waals surface area (Å²) in [6.45, 7) is 3.97. The molecule has 0 fully saturated rings. The minimum absolute atomic E-state index is 0.367. The van der Waals surface area contributed by atoms with Crippen LogP contribution in [0.5, 0.6) is 0 Å². The molecule has 0 saturated carbocycles. The lowest BCUT2D eigenvalue weighted by Gasteiger charge is -2.21. The van der Waals surface area contributed by atoms with Gasteiger partial charge in [-0.15, -0.1) is 0 Å². The molecule has 0 aromatic carbocycles. The van der Waals surface area contributed by atoms with E-state index in [1.165, 1.54) is 6.33 Å². The Balaban J connectivity index is 2.42. The van der Waals surface area contributed by atoms with Gasteiger partial charge in [0.2, 0.25) is 0 Å². The molecule has 2 rings (SSSR count). The van der Waals surface area contributed by atoms with E-state index in [9.17, 15) is 0 Å². The van der Waals surface area contributed by atoms with E-state index < -0.39 is 0 Å². The van der Waals surface area contributed by atoms with Crippen LogP contribution in [0.3, 0.4) is 0 Å². The van der Waals surface area contributed by atoms with Crippen molar-refractivity contribution in [3.63, 3.8) is 0 Å². The van der Waals surface area contributed by atoms with Crippen LogP contribution in [-0.2, 0) is 5.54 Å². The number of nitrogens with zero attached hydrogens (tertiary/aromatic N) is 4. The molecule has 14 heavy (non-hydrogen) atoms. The van der Waals surface area contributed by atoms with Crippen molar-refractivity contribution in [3.8, 4) is 0 Å². The van der Waals surface area contributed by atoms with E-state index >= 15 is 0 Å². The zero-order valence-corrected chi connectivity index (χ0v) is 8.10. The van der Waals surface area contributed by atoms with E-state index in [4.69, 9.17) is 5.73 Å². The van der Waals surface area contributed by atoms with Crippen LogP contribution < -0.4 is 5.73 Å². The van der Waals surface area contributed by atoms with Gasteiger partial charge >= 0.3 is 0 Å². The quantitative estimate of drug-likeness (QED) is 0.719. The second-order valence-corrected chi connectivity index (χ2v) is 3.61. The van der Waals surface area contributed by atoms with Crippen LogP contribution >= 0.6 is 0 Å². The first-order valence-electron chi connectivity index (χ1n) is 4.27. The minimum atomic E-state index is -0.367. The van der Waals surface area contributed by atoms with Crippen molar-refractivity contribution in [3.05, 3.63) is 24.5 Å². The number of hydrogen-bond acceptors (Lipinski definition) is 4. The smallest absolute Gasteiger partial charge is 0.151 e. The van der Waals surface area contributed by atoms with Crippen LogP contribution in [0.4, 0.5) is 5.69 Å². The standard InChI is InChI=1S/C8H12N6/c1-8(2,7-10-5-11-13-7)14-4-6(9)3-12-14/h3-5H,9H2,1-2H3,(H,10,11,13). The van der Waals surface area contributed by atoms with Gasteiger partial charge in [-0.05, 0) is 13.8 Å². The van der Waals surface area contributed by atoms with Crippen LogP contribution in [-0.4, -0.2) is 25.0 Å². The topological polar surface area (TPSA) is 85.4 Å². The zero-order valence-electron chi connectivity index (χ0n) is 8.10. The fraction of sp³-hybridized carbons (Fsp3) is 0.375. The van der Waals surface area contributed by atoms with Gasteiger partial charge in [0.1, 0.15) is 11.9 Å². The van der Waals surface area contributed by atoms with E-state index in [0.717, 1.165) is 5.82 Å². The number of H-pyrrole nitrogens is 1. The van der Waals surface area contributed by atoms with Gasteiger partial charge < -0.3 is 5.73 Å². The van der Waals surface area contributed by atoms with Crippen LogP contribution in [0.2, 0.25) is 0 Å². The summed E-state index contributed by atoms with van der Waals surface area (Å²) in [7, 11) is 0. The molecule has 3 N–H and O–H groups in total. The highest BCUT2D eigenvalue weighted by Gasteiger charge is 2.26. The molecule has 2 aromatic rings. The molecule has 0 atom stereocenters. The summed E-state index contributed by atoms with van der Waals surface area (Å²) >= 11 is 0. The van der Waals surface area contributed by atoms with Crippen molar-refractivity contribution >= 4 is 5.69 Å². The van der Waals surface area contributed by atoms with Gasteiger partial charge in [-0.2, -0.15) is 10.2 Å². The maximum atomic E-state index is 5.60. The zero-order chi connectivity index (χ0) is 10.2. The molecule has 0 aliphatic rings. The summed E-state index contributed by atoms with van der Waals surface area (Å²) < 4.78 is 1.75. The maximum Gasteiger partial charge on any atom is 0.151 e. The Morgan fingerprint density at radius 3 is 2.79 bits per heavy atom. The van der Waals surface area contributed by atoms with Gasteiger partial charge in [0.25, 0.3) is 0 Å². The first-order valence-corrected chi connectivity index (χ1v) is 4.27. The first-order chi connectivity index (χ1) is 6.60. The number of hydrogen-bond donors (Lipinski definition) is 2. The monoisotopic (exact) mass is 192 g/mol. The lowest BCUT2D eigenvalue weighted by atomic mass is 10.1. The van der Waals surface area contributed by atoms with Crippen LogP contribution in [0.15, 0.2) is 18.7 Å². The van der Waals surface area contributed by atoms with Crippen molar-refractivity contribution in [1.82, 2.24) is 25.0 Å². The molecule has 0 unspecified atom stereocenters. The minimum Gasteiger partial charge on any atom is -0.396 e. The Kier molecular flexibility index (Phi) is 1.77. The number of aromatic nitrogens is 5. The van der Waals surface area contributed by atoms with Gasteiger partial charge in [0, 0.05) is 6.20 Å². The maximum absolute atomic E-state index is 5.60. The largest absolute Gasteiger partial charge is 0.396 e. The third-order valence-corrected chi connectivity index (χ3v) is 2.17. The summed E-state index contributed by atoms with van der Waals surface area (Å²) in [5.41, 5.74) is 5.87. The lowest BCUT2D eigenvalue weighted by Crippen LogP contribution is -2.29. The third kappa shape index (κ3) is 1.24. The molecular formula is C8H12N6. The van der Waals surface area contributed by atoms with Crippen molar-refractivity contribution in [2.24, 2.45) is 0 Å². The number of nitrogens with two attached hydrogens (primary N) is 1. The van der Waals surface area contributed by atoms with Crippen LogP contribution in [0, 0.1) is 0 Å². The molecular weight excluding hydrogens is 180 g/mol. The SMILES string of the molecule is CC(C)(c1ncn[nH]1)n1cc(N)cn1. The van der Waals surface area contributed by atoms with Gasteiger partial charge in [-0.1, -0.05) is 0 Å². The first kappa shape index (κ1) is 8.74. The average Bonchev–Trinajstić information content (AvgIpc) is 2.72. The number of anilines is 1. The average molecular weight is 192 g/mol. The molecule has 0 amide bonds. The Bertz CT molecular complexity index is 413. The van der Waals surface area contributed by atoms with Crippen molar-refractivity contribution in [2.45, 2.75) is 19.4 Å². The van der Waals surface area contributed by atoms with E-state index in [1.54, 1.807) is 17.1 Å². The Morgan fingerprint density at radius 1 is 1.50 bits per heavy atom. The molecule has 0 aliphatic heterocycles. The highest BCUT2D eigenvalue weighted by Crippen LogP contribution is 2.21. The van der Waals surface area contributed by atoms with Gasteiger partial charge in [-0.3, -0.25) is 9.78 Å². The normalized spacial score (nSPS) is 11.9. The van der Waals surface area contributed by atoms with Crippen molar-refractivity contribution in [1.29, 1.82) is 0 Å². The predicted octanol–water partition coefficient (Wildman–Crippen LogP) is 0.367. The summed E-state index contributed by atoms with van der Waals surface area (Å²) in [5.74, 6) is 0.751. The number of aromatic amines is 1. The molecule has 2 heterocycles.